The number of anilines is 2. The van der Waals surface area contributed by atoms with Crippen molar-refractivity contribution in [2.24, 2.45) is 52.3 Å². The Morgan fingerprint density at radius 2 is 1.68 bits per heavy atom. The van der Waals surface area contributed by atoms with E-state index in [1.807, 2.05) is 12.1 Å². The number of ether oxygens (including phenoxy) is 1. The summed E-state index contributed by atoms with van der Waals surface area (Å²) >= 11 is 0. The number of rotatable bonds is 12. The number of hydrogen-bond acceptors (Lipinski definition) is 3. The van der Waals surface area contributed by atoms with Gasteiger partial charge in [-0.05, 0) is 147 Å². The van der Waals surface area contributed by atoms with Crippen LogP contribution in [0.2, 0.25) is 0 Å². The molecule has 4 saturated carbocycles. The molecule has 1 aromatic carbocycles. The second kappa shape index (κ2) is 13.0. The van der Waals surface area contributed by atoms with Gasteiger partial charge in [0.05, 0.1) is 0 Å². The van der Waals surface area contributed by atoms with Crippen LogP contribution in [0.15, 0.2) is 18.2 Å². The van der Waals surface area contributed by atoms with Crippen LogP contribution in [-0.4, -0.2) is 13.2 Å². The molecular weight excluding hydrogens is 488 g/mol. The molecule has 0 amide bonds. The van der Waals surface area contributed by atoms with E-state index in [9.17, 15) is 0 Å². The number of aryl methyl sites for hydroxylation is 1. The van der Waals surface area contributed by atoms with Crippen LogP contribution >= 0.6 is 0 Å². The molecule has 0 bridgehead atoms. The summed E-state index contributed by atoms with van der Waals surface area (Å²) < 4.78 is 6.07. The second-order valence-electron chi connectivity index (χ2n) is 15.6. The topological polar surface area (TPSA) is 61.3 Å². The van der Waals surface area contributed by atoms with Gasteiger partial charge in [-0.15, -0.1) is 0 Å². The minimum atomic E-state index is 0.615. The second-order valence-corrected chi connectivity index (χ2v) is 15.6. The highest BCUT2D eigenvalue weighted by Crippen LogP contribution is 2.68. The summed E-state index contributed by atoms with van der Waals surface area (Å²) in [7, 11) is 0. The summed E-state index contributed by atoms with van der Waals surface area (Å²) in [6.07, 6.45) is 22.6. The van der Waals surface area contributed by atoms with Crippen molar-refractivity contribution >= 4 is 11.4 Å². The molecule has 4 fully saturated rings. The lowest BCUT2D eigenvalue weighted by atomic mass is 9.44. The quantitative estimate of drug-likeness (QED) is 0.201. The number of hydrogen-bond donors (Lipinski definition) is 2. The van der Waals surface area contributed by atoms with E-state index in [-0.39, 0.29) is 0 Å². The summed E-state index contributed by atoms with van der Waals surface area (Å²) in [6.45, 7) is 12.2. The zero-order chi connectivity index (χ0) is 28.3. The highest BCUT2D eigenvalue weighted by Gasteiger charge is 2.60. The summed E-state index contributed by atoms with van der Waals surface area (Å²) in [5.74, 6) is 6.63. The van der Waals surface area contributed by atoms with Crippen molar-refractivity contribution in [3.8, 4) is 0 Å². The maximum absolute atomic E-state index is 6.09. The van der Waals surface area contributed by atoms with Gasteiger partial charge in [-0.2, -0.15) is 0 Å². The molecule has 0 aromatic heterocycles. The molecular formula is C37H62N2O. The van der Waals surface area contributed by atoms with Gasteiger partial charge in [0.1, 0.15) is 0 Å². The largest absolute Gasteiger partial charge is 0.399 e. The van der Waals surface area contributed by atoms with Gasteiger partial charge in [0.2, 0.25) is 0 Å². The molecule has 0 radical (unpaired) electrons. The first-order valence-corrected chi connectivity index (χ1v) is 17.4. The Morgan fingerprint density at radius 1 is 0.850 bits per heavy atom. The summed E-state index contributed by atoms with van der Waals surface area (Å²) in [5.41, 5.74) is 16.0. The zero-order valence-electron chi connectivity index (χ0n) is 26.6. The number of fused-ring (bicyclic) bond motifs is 5. The minimum Gasteiger partial charge on any atom is -0.399 e. The molecule has 1 aromatic rings. The molecule has 9 atom stereocenters. The molecule has 0 spiro atoms. The monoisotopic (exact) mass is 550 g/mol. The third-order valence-electron chi connectivity index (χ3n) is 13.3. The molecule has 0 aliphatic heterocycles. The molecule has 4 aliphatic carbocycles. The van der Waals surface area contributed by atoms with Gasteiger partial charge < -0.3 is 16.2 Å². The fraction of sp³-hybridized carbons (Fsp3) is 0.838. The minimum absolute atomic E-state index is 0.615. The molecule has 0 heterocycles. The van der Waals surface area contributed by atoms with E-state index in [2.05, 4.69) is 33.8 Å². The van der Waals surface area contributed by atoms with E-state index in [0.717, 1.165) is 79.4 Å². The zero-order valence-corrected chi connectivity index (χ0v) is 26.6. The highest BCUT2D eigenvalue weighted by atomic mass is 16.5. The third kappa shape index (κ3) is 6.25. The molecule has 4 aliphatic rings. The number of benzene rings is 1. The van der Waals surface area contributed by atoms with Crippen molar-refractivity contribution in [1.82, 2.24) is 0 Å². The van der Waals surface area contributed by atoms with Crippen molar-refractivity contribution in [2.45, 2.75) is 130 Å². The van der Waals surface area contributed by atoms with E-state index in [1.54, 1.807) is 12.8 Å². The van der Waals surface area contributed by atoms with Gasteiger partial charge >= 0.3 is 0 Å². The van der Waals surface area contributed by atoms with E-state index >= 15 is 0 Å². The van der Waals surface area contributed by atoms with Crippen LogP contribution in [0.1, 0.15) is 130 Å². The van der Waals surface area contributed by atoms with E-state index in [4.69, 9.17) is 16.2 Å². The number of nitrogens with two attached hydrogens (primary N) is 2. The van der Waals surface area contributed by atoms with Crippen molar-refractivity contribution in [2.75, 3.05) is 24.7 Å². The Kier molecular flexibility index (Phi) is 9.80. The lowest BCUT2D eigenvalue weighted by molar-refractivity contribution is -0.114. The van der Waals surface area contributed by atoms with Crippen LogP contribution in [0.4, 0.5) is 11.4 Å². The van der Waals surface area contributed by atoms with Crippen LogP contribution in [0, 0.1) is 52.3 Å². The van der Waals surface area contributed by atoms with Crippen LogP contribution in [0.5, 0.6) is 0 Å². The standard InChI is InChI=1S/C37H62N2O/c1-26(25-40-23-8-6-12-28-14-16-30(38)24-35(28)39)10-9-11-27(2)32-18-19-33-31-17-15-29-13-5-7-21-36(29,3)34(31)20-22-37(32,33)4/h14,16,24,26-27,29,31-34H,5-13,15,17-23,25,38-39H2,1-4H3/t26?,27-,29?,31+,32-,33+,34+,36+,37-/m1/s1. The van der Waals surface area contributed by atoms with Crippen molar-refractivity contribution in [1.29, 1.82) is 0 Å². The first-order chi connectivity index (χ1) is 19.2. The van der Waals surface area contributed by atoms with Crippen molar-refractivity contribution in [3.63, 3.8) is 0 Å². The smallest absolute Gasteiger partial charge is 0.0491 e. The maximum Gasteiger partial charge on any atom is 0.0491 e. The summed E-state index contributed by atoms with van der Waals surface area (Å²) in [4.78, 5) is 0. The SMILES string of the molecule is CC(CCC[C@@H](C)[C@H]1CC[C@H]2[C@@H]3CCC4CCCC[C@]4(C)[C@H]3CC[C@]12C)COCCCCc1ccc(N)cc1N. The van der Waals surface area contributed by atoms with Gasteiger partial charge in [-0.3, -0.25) is 0 Å². The van der Waals surface area contributed by atoms with E-state index in [1.165, 1.54) is 76.2 Å². The van der Waals surface area contributed by atoms with Crippen LogP contribution in [0.25, 0.3) is 0 Å². The van der Waals surface area contributed by atoms with Crippen molar-refractivity contribution < 1.29 is 4.74 Å². The van der Waals surface area contributed by atoms with Gasteiger partial charge in [-0.1, -0.05) is 59.4 Å². The predicted molar refractivity (Wildman–Crippen MR) is 171 cm³/mol. The highest BCUT2D eigenvalue weighted by molar-refractivity contribution is 5.56. The van der Waals surface area contributed by atoms with Crippen LogP contribution in [-0.2, 0) is 11.2 Å². The Hall–Kier alpha value is -1.22. The lowest BCUT2D eigenvalue weighted by Crippen LogP contribution is -2.53. The van der Waals surface area contributed by atoms with Crippen LogP contribution < -0.4 is 11.5 Å². The summed E-state index contributed by atoms with van der Waals surface area (Å²) in [5, 5.41) is 0. The van der Waals surface area contributed by atoms with Gasteiger partial charge in [-0.25, -0.2) is 0 Å². The Morgan fingerprint density at radius 3 is 2.50 bits per heavy atom. The molecule has 5 rings (SSSR count). The fourth-order valence-corrected chi connectivity index (χ4v) is 11.0. The Balaban J connectivity index is 1.00. The van der Waals surface area contributed by atoms with Crippen LogP contribution in [0.3, 0.4) is 0 Å². The van der Waals surface area contributed by atoms with E-state index in [0.29, 0.717) is 16.7 Å². The molecule has 3 heteroatoms. The average Bonchev–Trinajstić information content (AvgIpc) is 3.28. The van der Waals surface area contributed by atoms with Gasteiger partial charge in [0, 0.05) is 24.6 Å². The third-order valence-corrected chi connectivity index (χ3v) is 13.3. The molecule has 2 unspecified atom stereocenters. The average molecular weight is 551 g/mol. The molecule has 40 heavy (non-hydrogen) atoms. The first-order valence-electron chi connectivity index (χ1n) is 17.4. The van der Waals surface area contributed by atoms with E-state index < -0.39 is 0 Å². The Bertz CT molecular complexity index is 961. The normalized spacial score (nSPS) is 36.9. The Labute approximate surface area is 247 Å². The maximum atomic E-state index is 6.09. The summed E-state index contributed by atoms with van der Waals surface area (Å²) in [6, 6.07) is 5.88. The molecule has 226 valence electrons. The molecule has 0 saturated heterocycles. The number of nitrogen functional groups attached to an aromatic ring is 2. The van der Waals surface area contributed by atoms with Gasteiger partial charge in [0.25, 0.3) is 0 Å². The first kappa shape index (κ1) is 30.2. The lowest BCUT2D eigenvalue weighted by Gasteiger charge is -2.61. The number of unbranched alkanes of at least 4 members (excludes halogenated alkanes) is 1. The molecule has 4 N–H and O–H groups in total. The van der Waals surface area contributed by atoms with Gasteiger partial charge in [0.15, 0.2) is 0 Å². The fourth-order valence-electron chi connectivity index (χ4n) is 11.0. The predicted octanol–water partition coefficient (Wildman–Crippen LogP) is 9.68. The van der Waals surface area contributed by atoms with Crippen molar-refractivity contribution in [3.05, 3.63) is 23.8 Å². The molecule has 3 nitrogen and oxygen atoms in total.